The first-order chi connectivity index (χ1) is 16.2. The summed E-state index contributed by atoms with van der Waals surface area (Å²) in [5, 5.41) is 11.7. The fraction of sp³-hybridized carbons (Fsp3) is 0.333. The molecule has 176 valence electrons. The zero-order chi connectivity index (χ0) is 23.5. The van der Waals surface area contributed by atoms with E-state index in [9.17, 15) is 0 Å². The summed E-state index contributed by atoms with van der Waals surface area (Å²) in [6.45, 7) is 12.0. The van der Waals surface area contributed by atoms with E-state index in [-0.39, 0.29) is 0 Å². The number of aromatic nitrogens is 2. The van der Waals surface area contributed by atoms with Crippen molar-refractivity contribution in [2.24, 2.45) is 0 Å². The van der Waals surface area contributed by atoms with Crippen LogP contribution in [0.5, 0.6) is 0 Å². The molecule has 0 aliphatic carbocycles. The molecule has 0 saturated heterocycles. The van der Waals surface area contributed by atoms with Crippen LogP contribution in [-0.2, 0) is 9.78 Å². The zero-order valence-corrected chi connectivity index (χ0v) is 21.9. The Morgan fingerprint density at radius 2 is 1.88 bits per heavy atom. The monoisotopic (exact) mass is 580 g/mol. The highest BCUT2D eigenvalue weighted by Gasteiger charge is 2.14. The first-order valence-corrected chi connectivity index (χ1v) is 13.2. The minimum Gasteiger partial charge on any atom is -0.382 e. The molecule has 0 amide bonds. The van der Waals surface area contributed by atoms with Crippen LogP contribution in [0.4, 0.5) is 11.4 Å². The Morgan fingerprint density at radius 3 is 2.67 bits per heavy atom. The highest BCUT2D eigenvalue weighted by atomic mass is 127. The topological polar surface area (TPSA) is 72.7 Å². The Bertz CT molecular complexity index is 1070. The number of rotatable bonds is 14. The van der Waals surface area contributed by atoms with Crippen molar-refractivity contribution >= 4 is 62.8 Å². The van der Waals surface area contributed by atoms with Gasteiger partial charge in [-0.3, -0.25) is 0 Å². The largest absolute Gasteiger partial charge is 0.382 e. The van der Waals surface area contributed by atoms with Gasteiger partial charge in [-0.15, -0.1) is 0 Å². The third-order valence-electron chi connectivity index (χ3n) is 4.85. The molecular formula is C24H29IN4O3S. The van der Waals surface area contributed by atoms with Crippen LogP contribution in [-0.4, -0.2) is 47.6 Å². The standard InChI is InChI=1S/C24H29IN4O3S/c1-4-29(5-2)21-13-12-19(23-24(21)28-32-27-23)11-10-18(3)33-22-9-7-6-8-20(22)26-15-17-31-30-16-14-25/h6-13,26H,3-5,14-17H2,1-2H3/b11-10+. The average molecular weight is 580 g/mol. The fourth-order valence-electron chi connectivity index (χ4n) is 3.26. The molecule has 0 radical (unpaired) electrons. The molecule has 0 unspecified atom stereocenters. The second-order valence-corrected chi connectivity index (χ2v) is 9.21. The van der Waals surface area contributed by atoms with Crippen molar-refractivity contribution in [1.82, 2.24) is 10.3 Å². The molecule has 7 nitrogen and oxygen atoms in total. The molecule has 3 rings (SSSR count). The SMILES string of the molecule is C=C(/C=C/c1ccc(N(CC)CC)c2nonc12)Sc1ccccc1NCCOOCCI. The van der Waals surface area contributed by atoms with Crippen molar-refractivity contribution < 1.29 is 14.4 Å². The first kappa shape index (κ1) is 25.5. The number of fused-ring (bicyclic) bond motifs is 1. The second kappa shape index (κ2) is 13.6. The molecule has 0 aliphatic rings. The van der Waals surface area contributed by atoms with Crippen molar-refractivity contribution in [3.8, 4) is 0 Å². The number of hydrogen-bond acceptors (Lipinski definition) is 8. The predicted octanol–water partition coefficient (Wildman–Crippen LogP) is 6.18. The first-order valence-electron chi connectivity index (χ1n) is 10.9. The lowest BCUT2D eigenvalue weighted by Crippen LogP contribution is -2.22. The van der Waals surface area contributed by atoms with Gasteiger partial charge >= 0.3 is 0 Å². The van der Waals surface area contributed by atoms with E-state index in [1.54, 1.807) is 11.8 Å². The van der Waals surface area contributed by atoms with Crippen molar-refractivity contribution in [1.29, 1.82) is 0 Å². The predicted molar refractivity (Wildman–Crippen MR) is 145 cm³/mol. The quantitative estimate of drug-likeness (QED) is 0.0461. The summed E-state index contributed by atoms with van der Waals surface area (Å²) in [5.74, 6) is 0. The maximum absolute atomic E-state index is 5.15. The molecule has 0 atom stereocenters. The van der Waals surface area contributed by atoms with Gasteiger partial charge in [0.05, 0.1) is 18.9 Å². The van der Waals surface area contributed by atoms with Gasteiger partial charge < -0.3 is 10.2 Å². The third-order valence-corrected chi connectivity index (χ3v) is 6.27. The molecule has 0 spiro atoms. The number of halogens is 1. The average Bonchev–Trinajstić information content (AvgIpc) is 3.33. The van der Waals surface area contributed by atoms with E-state index in [4.69, 9.17) is 14.4 Å². The summed E-state index contributed by atoms with van der Waals surface area (Å²) in [7, 11) is 0. The van der Waals surface area contributed by atoms with Crippen LogP contribution in [0.2, 0.25) is 0 Å². The number of nitrogens with one attached hydrogen (secondary N) is 1. The molecule has 1 heterocycles. The Morgan fingerprint density at radius 1 is 1.12 bits per heavy atom. The van der Waals surface area contributed by atoms with Gasteiger partial charge in [-0.25, -0.2) is 14.4 Å². The number of benzene rings is 2. The highest BCUT2D eigenvalue weighted by Crippen LogP contribution is 2.33. The molecule has 0 bridgehead atoms. The van der Waals surface area contributed by atoms with E-state index < -0.39 is 0 Å². The summed E-state index contributed by atoms with van der Waals surface area (Å²) < 4.78 is 5.96. The van der Waals surface area contributed by atoms with Gasteiger partial charge in [-0.1, -0.05) is 65.2 Å². The molecule has 0 saturated carbocycles. The Labute approximate surface area is 212 Å². The van der Waals surface area contributed by atoms with E-state index in [1.165, 1.54) is 0 Å². The Balaban J connectivity index is 1.65. The van der Waals surface area contributed by atoms with Gasteiger partial charge in [0, 0.05) is 45.1 Å². The smallest absolute Gasteiger partial charge is 0.159 e. The van der Waals surface area contributed by atoms with Gasteiger partial charge in [-0.2, -0.15) is 0 Å². The van der Waals surface area contributed by atoms with Crippen molar-refractivity contribution in [3.63, 3.8) is 0 Å². The molecule has 1 N–H and O–H groups in total. The van der Waals surface area contributed by atoms with Crippen molar-refractivity contribution in [2.75, 3.05) is 47.5 Å². The molecular weight excluding hydrogens is 551 g/mol. The van der Waals surface area contributed by atoms with Crippen LogP contribution >= 0.6 is 34.4 Å². The van der Waals surface area contributed by atoms with Gasteiger partial charge in [-0.05, 0) is 48.4 Å². The van der Waals surface area contributed by atoms with E-state index in [0.29, 0.717) is 19.8 Å². The number of thioether (sulfide) groups is 1. The van der Waals surface area contributed by atoms with E-state index in [1.807, 2.05) is 36.4 Å². The van der Waals surface area contributed by atoms with Crippen LogP contribution in [0.25, 0.3) is 17.1 Å². The maximum Gasteiger partial charge on any atom is 0.159 e. The van der Waals surface area contributed by atoms with Crippen molar-refractivity contribution in [2.45, 2.75) is 18.7 Å². The molecule has 2 aromatic carbocycles. The number of allylic oxidation sites excluding steroid dienone is 1. The number of anilines is 2. The van der Waals surface area contributed by atoms with Crippen LogP contribution < -0.4 is 10.2 Å². The number of para-hydroxylation sites is 1. The molecule has 1 aromatic heterocycles. The van der Waals surface area contributed by atoms with Gasteiger partial charge in [0.15, 0.2) is 5.52 Å². The molecule has 9 heteroatoms. The zero-order valence-electron chi connectivity index (χ0n) is 18.9. The van der Waals surface area contributed by atoms with Gasteiger partial charge in [0.25, 0.3) is 0 Å². The van der Waals surface area contributed by atoms with Crippen LogP contribution in [0, 0.1) is 0 Å². The van der Waals surface area contributed by atoms with Gasteiger partial charge in [0.2, 0.25) is 0 Å². The molecule has 0 aliphatic heterocycles. The molecule has 0 fully saturated rings. The minimum absolute atomic E-state index is 0.474. The molecule has 3 aromatic rings. The summed E-state index contributed by atoms with van der Waals surface area (Å²) in [6, 6.07) is 12.2. The summed E-state index contributed by atoms with van der Waals surface area (Å²) in [6.07, 6.45) is 3.99. The summed E-state index contributed by atoms with van der Waals surface area (Å²) >= 11 is 3.84. The maximum atomic E-state index is 5.15. The number of nitrogens with zero attached hydrogens (tertiary/aromatic N) is 3. The molecule has 33 heavy (non-hydrogen) atoms. The Kier molecular flexibility index (Phi) is 10.5. The van der Waals surface area contributed by atoms with E-state index >= 15 is 0 Å². The second-order valence-electron chi connectivity index (χ2n) is 6.97. The third kappa shape index (κ3) is 7.20. The van der Waals surface area contributed by atoms with Crippen LogP contribution in [0.15, 0.2) is 63.5 Å². The van der Waals surface area contributed by atoms with Gasteiger partial charge in [0.1, 0.15) is 5.52 Å². The number of alkyl halides is 1. The summed E-state index contributed by atoms with van der Waals surface area (Å²) in [5.41, 5.74) is 4.53. The van der Waals surface area contributed by atoms with Crippen LogP contribution in [0.1, 0.15) is 19.4 Å². The minimum atomic E-state index is 0.474. The lowest BCUT2D eigenvalue weighted by molar-refractivity contribution is -0.287. The lowest BCUT2D eigenvalue weighted by atomic mass is 10.1. The fourth-order valence-corrected chi connectivity index (χ4v) is 4.26. The number of hydrogen-bond donors (Lipinski definition) is 1. The van der Waals surface area contributed by atoms with E-state index in [0.717, 1.165) is 55.3 Å². The Hall–Kier alpha value is -2.08. The normalized spacial score (nSPS) is 11.4. The van der Waals surface area contributed by atoms with E-state index in [2.05, 4.69) is 75.7 Å². The summed E-state index contributed by atoms with van der Waals surface area (Å²) in [4.78, 5) is 14.4. The lowest BCUT2D eigenvalue weighted by Gasteiger charge is -2.20. The van der Waals surface area contributed by atoms with Crippen molar-refractivity contribution in [3.05, 3.63) is 59.5 Å². The highest BCUT2D eigenvalue weighted by molar-refractivity contribution is 14.1. The van der Waals surface area contributed by atoms with Crippen LogP contribution in [0.3, 0.4) is 0 Å².